The van der Waals surface area contributed by atoms with Crippen LogP contribution < -0.4 is 10.1 Å². The van der Waals surface area contributed by atoms with Crippen molar-refractivity contribution in [2.75, 3.05) is 11.9 Å². The average Bonchev–Trinajstić information content (AvgIpc) is 2.76. The van der Waals surface area contributed by atoms with E-state index in [1.165, 1.54) is 0 Å². The van der Waals surface area contributed by atoms with Crippen LogP contribution in [0.25, 0.3) is 0 Å². The van der Waals surface area contributed by atoms with Crippen molar-refractivity contribution in [2.24, 2.45) is 0 Å². The van der Waals surface area contributed by atoms with Gasteiger partial charge in [0.15, 0.2) is 0 Å². The summed E-state index contributed by atoms with van der Waals surface area (Å²) in [7, 11) is 0. The molecular formula is C16H20ClN3O2. The maximum atomic E-state index is 12.4. The van der Waals surface area contributed by atoms with E-state index in [9.17, 15) is 4.79 Å². The fourth-order valence-corrected chi connectivity index (χ4v) is 2.30. The number of aromatic nitrogens is 2. The van der Waals surface area contributed by atoms with E-state index in [0.717, 1.165) is 17.1 Å². The van der Waals surface area contributed by atoms with Crippen LogP contribution in [-0.2, 0) is 4.79 Å². The molecule has 0 fully saturated rings. The van der Waals surface area contributed by atoms with Crippen LogP contribution in [0.15, 0.2) is 24.3 Å². The molecule has 22 heavy (non-hydrogen) atoms. The van der Waals surface area contributed by atoms with Crippen LogP contribution in [0, 0.1) is 13.8 Å². The molecule has 1 heterocycles. The molecule has 1 aromatic carbocycles. The number of aryl methyl sites for hydroxylation is 1. The second-order valence-electron chi connectivity index (χ2n) is 5.05. The summed E-state index contributed by atoms with van der Waals surface area (Å²) in [5.74, 6) is 0.630. The summed E-state index contributed by atoms with van der Waals surface area (Å²) in [6, 6.07) is 6.82. The summed E-state index contributed by atoms with van der Waals surface area (Å²) >= 11 is 6.13. The maximum Gasteiger partial charge on any atom is 0.248 e. The first-order chi connectivity index (χ1) is 10.4. The Kier molecular flexibility index (Phi) is 5.08. The van der Waals surface area contributed by atoms with Gasteiger partial charge in [0.05, 0.1) is 23.0 Å². The Morgan fingerprint density at radius 1 is 1.36 bits per heavy atom. The number of benzene rings is 1. The van der Waals surface area contributed by atoms with E-state index in [4.69, 9.17) is 16.3 Å². The minimum Gasteiger partial charge on any atom is -0.494 e. The van der Waals surface area contributed by atoms with Gasteiger partial charge < -0.3 is 10.1 Å². The molecule has 6 heteroatoms. The number of amides is 1. The molecule has 2 rings (SSSR count). The first-order valence-corrected chi connectivity index (χ1v) is 7.56. The highest BCUT2D eigenvalue weighted by Gasteiger charge is 2.20. The Morgan fingerprint density at radius 2 is 2.00 bits per heavy atom. The number of carbonyl (C=O) groups excluding carboxylic acids is 1. The zero-order valence-corrected chi connectivity index (χ0v) is 13.9. The molecule has 1 aromatic heterocycles. The highest BCUT2D eigenvalue weighted by atomic mass is 35.5. The quantitative estimate of drug-likeness (QED) is 0.912. The predicted molar refractivity (Wildman–Crippen MR) is 87.7 cm³/mol. The Morgan fingerprint density at radius 3 is 2.50 bits per heavy atom. The second kappa shape index (κ2) is 6.83. The number of ether oxygens (including phenoxy) is 1. The van der Waals surface area contributed by atoms with Crippen LogP contribution in [0.4, 0.5) is 5.69 Å². The molecule has 0 bridgehead atoms. The highest BCUT2D eigenvalue weighted by molar-refractivity contribution is 6.31. The van der Waals surface area contributed by atoms with Crippen molar-refractivity contribution in [3.63, 3.8) is 0 Å². The highest BCUT2D eigenvalue weighted by Crippen LogP contribution is 2.23. The van der Waals surface area contributed by atoms with Crippen molar-refractivity contribution in [1.29, 1.82) is 0 Å². The van der Waals surface area contributed by atoms with E-state index in [-0.39, 0.29) is 5.91 Å². The van der Waals surface area contributed by atoms with E-state index in [2.05, 4.69) is 10.4 Å². The van der Waals surface area contributed by atoms with E-state index in [1.807, 2.05) is 45.0 Å². The number of nitrogens with zero attached hydrogens (tertiary/aromatic N) is 2. The van der Waals surface area contributed by atoms with Gasteiger partial charge in [-0.2, -0.15) is 5.10 Å². The van der Waals surface area contributed by atoms with Crippen molar-refractivity contribution in [3.8, 4) is 5.75 Å². The van der Waals surface area contributed by atoms with Crippen LogP contribution in [-0.4, -0.2) is 22.3 Å². The van der Waals surface area contributed by atoms with Gasteiger partial charge in [0.1, 0.15) is 11.8 Å². The van der Waals surface area contributed by atoms with Crippen molar-refractivity contribution < 1.29 is 9.53 Å². The molecule has 1 N–H and O–H groups in total. The van der Waals surface area contributed by atoms with Crippen molar-refractivity contribution in [2.45, 2.75) is 33.7 Å². The van der Waals surface area contributed by atoms with Crippen LogP contribution in [0.5, 0.6) is 5.75 Å². The Labute approximate surface area is 135 Å². The molecule has 0 aliphatic carbocycles. The standard InChI is InChI=1S/C16H20ClN3O2/c1-5-22-14-8-6-13(7-9-14)18-16(21)12(4)20-11(3)15(17)10(2)19-20/h6-9,12H,5H2,1-4H3,(H,18,21). The summed E-state index contributed by atoms with van der Waals surface area (Å²) in [6.45, 7) is 8.00. The number of nitrogens with one attached hydrogen (secondary N) is 1. The van der Waals surface area contributed by atoms with Gasteiger partial charge in [0.25, 0.3) is 0 Å². The van der Waals surface area contributed by atoms with Crippen LogP contribution >= 0.6 is 11.6 Å². The number of anilines is 1. The van der Waals surface area contributed by atoms with E-state index < -0.39 is 6.04 Å². The Balaban J connectivity index is 2.09. The predicted octanol–water partition coefficient (Wildman–Crippen LogP) is 3.75. The molecule has 1 amide bonds. The molecule has 1 unspecified atom stereocenters. The Bertz CT molecular complexity index is 665. The molecule has 0 saturated heterocycles. The first kappa shape index (κ1) is 16.4. The summed E-state index contributed by atoms with van der Waals surface area (Å²) < 4.78 is 7.01. The number of carbonyl (C=O) groups is 1. The molecule has 5 nitrogen and oxygen atoms in total. The molecule has 0 aliphatic rings. The van der Waals surface area contributed by atoms with Gasteiger partial charge >= 0.3 is 0 Å². The maximum absolute atomic E-state index is 12.4. The number of hydrogen-bond acceptors (Lipinski definition) is 3. The van der Waals surface area contributed by atoms with Gasteiger partial charge in [-0.1, -0.05) is 11.6 Å². The summed E-state index contributed by atoms with van der Waals surface area (Å²) in [5, 5.41) is 7.78. The molecule has 118 valence electrons. The lowest BCUT2D eigenvalue weighted by atomic mass is 10.2. The molecule has 2 aromatic rings. The summed E-state index contributed by atoms with van der Waals surface area (Å²) in [5.41, 5.74) is 2.22. The summed E-state index contributed by atoms with van der Waals surface area (Å²) in [4.78, 5) is 12.4. The van der Waals surface area contributed by atoms with E-state index in [1.54, 1.807) is 11.6 Å². The van der Waals surface area contributed by atoms with Crippen LogP contribution in [0.2, 0.25) is 5.02 Å². The molecular weight excluding hydrogens is 302 g/mol. The third kappa shape index (κ3) is 3.42. The van der Waals surface area contributed by atoms with E-state index in [0.29, 0.717) is 17.3 Å². The minimum atomic E-state index is -0.447. The van der Waals surface area contributed by atoms with Gasteiger partial charge in [-0.25, -0.2) is 0 Å². The summed E-state index contributed by atoms with van der Waals surface area (Å²) in [6.07, 6.45) is 0. The molecule has 0 aliphatic heterocycles. The van der Waals surface area contributed by atoms with Crippen molar-refractivity contribution in [1.82, 2.24) is 9.78 Å². The smallest absolute Gasteiger partial charge is 0.248 e. The van der Waals surface area contributed by atoms with Gasteiger partial charge in [0, 0.05) is 5.69 Å². The number of hydrogen-bond donors (Lipinski definition) is 1. The van der Waals surface area contributed by atoms with Crippen molar-refractivity contribution >= 4 is 23.2 Å². The number of halogens is 1. The average molecular weight is 322 g/mol. The second-order valence-corrected chi connectivity index (χ2v) is 5.43. The monoisotopic (exact) mass is 321 g/mol. The fraction of sp³-hybridized carbons (Fsp3) is 0.375. The lowest BCUT2D eigenvalue weighted by Gasteiger charge is -2.14. The molecule has 0 saturated carbocycles. The van der Waals surface area contributed by atoms with Crippen LogP contribution in [0.3, 0.4) is 0 Å². The zero-order chi connectivity index (χ0) is 16.3. The van der Waals surface area contributed by atoms with Gasteiger partial charge in [-0.3, -0.25) is 9.48 Å². The fourth-order valence-electron chi connectivity index (χ4n) is 2.18. The van der Waals surface area contributed by atoms with Crippen LogP contribution in [0.1, 0.15) is 31.3 Å². The lowest BCUT2D eigenvalue weighted by Crippen LogP contribution is -2.25. The number of rotatable bonds is 5. The van der Waals surface area contributed by atoms with Gasteiger partial charge in [0.2, 0.25) is 5.91 Å². The molecule has 0 radical (unpaired) electrons. The normalized spacial score (nSPS) is 12.0. The van der Waals surface area contributed by atoms with Gasteiger partial charge in [-0.05, 0) is 52.0 Å². The van der Waals surface area contributed by atoms with E-state index >= 15 is 0 Å². The molecule has 0 spiro atoms. The topological polar surface area (TPSA) is 56.1 Å². The first-order valence-electron chi connectivity index (χ1n) is 7.19. The van der Waals surface area contributed by atoms with Crippen molar-refractivity contribution in [3.05, 3.63) is 40.7 Å². The lowest BCUT2D eigenvalue weighted by molar-refractivity contribution is -0.119. The molecule has 1 atom stereocenters. The Hall–Kier alpha value is -2.01. The largest absolute Gasteiger partial charge is 0.494 e. The van der Waals surface area contributed by atoms with Gasteiger partial charge in [-0.15, -0.1) is 0 Å². The minimum absolute atomic E-state index is 0.147. The zero-order valence-electron chi connectivity index (χ0n) is 13.2. The third-order valence-corrected chi connectivity index (χ3v) is 3.96. The third-order valence-electron chi connectivity index (χ3n) is 3.42. The SMILES string of the molecule is CCOc1ccc(NC(=O)C(C)n2nc(C)c(Cl)c2C)cc1.